The minimum Gasteiger partial charge on any atom is -0.485 e. The van der Waals surface area contributed by atoms with Gasteiger partial charge in [0.1, 0.15) is 5.02 Å². The Morgan fingerprint density at radius 3 is 2.53 bits per heavy atom. The van der Waals surface area contributed by atoms with E-state index >= 15 is 0 Å². The molecule has 3 nitrogen and oxygen atoms in total. The summed E-state index contributed by atoms with van der Waals surface area (Å²) in [4.78, 5) is 0. The number of anilines is 2. The molecule has 0 aliphatic heterocycles. The van der Waals surface area contributed by atoms with Gasteiger partial charge in [-0.2, -0.15) is 0 Å². The van der Waals surface area contributed by atoms with E-state index in [1.807, 2.05) is 0 Å². The number of ether oxygens (including phenoxy) is 1. The Balaban J connectivity index is 2.32. The standard InChI is InChI=1S/C10H12ClFN2O/c11-8-6(13)4-7(14)10(9(8)12)15-5-2-1-3-5/h4-5H,1-3,13-14H2. The molecule has 82 valence electrons. The molecular formula is C10H12ClFN2O. The van der Waals surface area contributed by atoms with Crippen molar-refractivity contribution in [3.63, 3.8) is 0 Å². The Hall–Kier alpha value is -1.16. The molecule has 0 spiro atoms. The van der Waals surface area contributed by atoms with Gasteiger partial charge < -0.3 is 16.2 Å². The molecule has 0 aromatic heterocycles. The highest BCUT2D eigenvalue weighted by atomic mass is 35.5. The molecule has 1 fully saturated rings. The molecule has 0 bridgehead atoms. The van der Waals surface area contributed by atoms with Crippen LogP contribution in [0.3, 0.4) is 0 Å². The van der Waals surface area contributed by atoms with E-state index in [1.165, 1.54) is 6.07 Å². The van der Waals surface area contributed by atoms with Crippen LogP contribution < -0.4 is 16.2 Å². The lowest BCUT2D eigenvalue weighted by Crippen LogP contribution is -2.25. The Kier molecular flexibility index (Phi) is 2.61. The maximum absolute atomic E-state index is 13.6. The van der Waals surface area contributed by atoms with Crippen LogP contribution in [0, 0.1) is 5.82 Å². The number of hydrogen-bond donors (Lipinski definition) is 2. The molecule has 0 unspecified atom stereocenters. The quantitative estimate of drug-likeness (QED) is 0.768. The third-order valence-electron chi connectivity index (χ3n) is 2.56. The van der Waals surface area contributed by atoms with Crippen LogP contribution in [0.15, 0.2) is 6.07 Å². The van der Waals surface area contributed by atoms with Gasteiger partial charge in [0.05, 0.1) is 17.5 Å². The third-order valence-corrected chi connectivity index (χ3v) is 2.94. The molecule has 1 aliphatic rings. The van der Waals surface area contributed by atoms with E-state index in [-0.39, 0.29) is 28.3 Å². The molecule has 0 radical (unpaired) electrons. The van der Waals surface area contributed by atoms with E-state index < -0.39 is 5.82 Å². The molecule has 1 aromatic carbocycles. The van der Waals surface area contributed by atoms with Crippen molar-refractivity contribution < 1.29 is 9.13 Å². The highest BCUT2D eigenvalue weighted by molar-refractivity contribution is 6.33. The zero-order chi connectivity index (χ0) is 11.0. The fourth-order valence-electron chi connectivity index (χ4n) is 1.42. The Bertz CT molecular complexity index is 393. The van der Waals surface area contributed by atoms with Gasteiger partial charge in [0.2, 0.25) is 0 Å². The highest BCUT2D eigenvalue weighted by Gasteiger charge is 2.23. The molecule has 2 rings (SSSR count). The molecule has 0 atom stereocenters. The fourth-order valence-corrected chi connectivity index (χ4v) is 1.57. The van der Waals surface area contributed by atoms with Crippen molar-refractivity contribution in [2.75, 3.05) is 11.5 Å². The van der Waals surface area contributed by atoms with Crippen LogP contribution in [0.1, 0.15) is 19.3 Å². The Morgan fingerprint density at radius 2 is 2.00 bits per heavy atom. The minimum absolute atomic E-state index is 0.0268. The molecule has 0 saturated heterocycles. The van der Waals surface area contributed by atoms with Crippen LogP contribution in [0.4, 0.5) is 15.8 Å². The average Bonchev–Trinajstić information content (AvgIpc) is 2.11. The second-order valence-corrected chi connectivity index (χ2v) is 4.06. The van der Waals surface area contributed by atoms with Crippen molar-refractivity contribution in [3.05, 3.63) is 16.9 Å². The number of nitrogen functional groups attached to an aromatic ring is 2. The topological polar surface area (TPSA) is 61.3 Å². The summed E-state index contributed by atoms with van der Waals surface area (Å²) in [6.07, 6.45) is 3.03. The van der Waals surface area contributed by atoms with Crippen LogP contribution in [-0.4, -0.2) is 6.10 Å². The normalized spacial score (nSPS) is 16.1. The first-order valence-corrected chi connectivity index (χ1v) is 5.17. The molecule has 4 N–H and O–H groups in total. The third kappa shape index (κ3) is 1.81. The zero-order valence-electron chi connectivity index (χ0n) is 8.09. The maximum Gasteiger partial charge on any atom is 0.187 e. The molecule has 0 amide bonds. The lowest BCUT2D eigenvalue weighted by atomic mass is 9.96. The van der Waals surface area contributed by atoms with Gasteiger partial charge in [-0.1, -0.05) is 11.6 Å². The largest absolute Gasteiger partial charge is 0.485 e. The van der Waals surface area contributed by atoms with Crippen molar-refractivity contribution >= 4 is 23.0 Å². The lowest BCUT2D eigenvalue weighted by molar-refractivity contribution is 0.116. The van der Waals surface area contributed by atoms with Gasteiger partial charge in [-0.3, -0.25) is 0 Å². The van der Waals surface area contributed by atoms with Crippen molar-refractivity contribution in [2.45, 2.75) is 25.4 Å². The minimum atomic E-state index is -0.666. The summed E-state index contributed by atoms with van der Waals surface area (Å²) in [5.41, 5.74) is 11.4. The van der Waals surface area contributed by atoms with E-state index in [1.54, 1.807) is 0 Å². The first-order valence-electron chi connectivity index (χ1n) is 4.79. The second-order valence-electron chi connectivity index (χ2n) is 3.68. The lowest BCUT2D eigenvalue weighted by Gasteiger charge is -2.27. The Labute approximate surface area is 92.1 Å². The number of halogens is 2. The van der Waals surface area contributed by atoms with Crippen molar-refractivity contribution in [3.8, 4) is 5.75 Å². The van der Waals surface area contributed by atoms with Crippen molar-refractivity contribution in [1.82, 2.24) is 0 Å². The van der Waals surface area contributed by atoms with E-state index in [0.29, 0.717) is 0 Å². The average molecular weight is 231 g/mol. The molecule has 0 heterocycles. The van der Waals surface area contributed by atoms with Gasteiger partial charge in [-0.25, -0.2) is 4.39 Å². The molecular weight excluding hydrogens is 219 g/mol. The van der Waals surface area contributed by atoms with Crippen LogP contribution in [0.25, 0.3) is 0 Å². The van der Waals surface area contributed by atoms with Gasteiger partial charge in [-0.15, -0.1) is 0 Å². The van der Waals surface area contributed by atoms with Crippen LogP contribution in [0.5, 0.6) is 5.75 Å². The predicted octanol–water partition coefficient (Wildman–Crippen LogP) is 2.57. The van der Waals surface area contributed by atoms with Crippen LogP contribution in [-0.2, 0) is 0 Å². The van der Waals surface area contributed by atoms with Crippen molar-refractivity contribution in [2.24, 2.45) is 0 Å². The van der Waals surface area contributed by atoms with Crippen LogP contribution >= 0.6 is 11.6 Å². The number of hydrogen-bond acceptors (Lipinski definition) is 3. The maximum atomic E-state index is 13.6. The van der Waals surface area contributed by atoms with Gasteiger partial charge in [0.25, 0.3) is 0 Å². The SMILES string of the molecule is Nc1cc(N)c(OC2CCC2)c(F)c1Cl. The van der Waals surface area contributed by atoms with Gasteiger partial charge in [0.15, 0.2) is 11.6 Å². The summed E-state index contributed by atoms with van der Waals surface area (Å²) < 4.78 is 19.0. The first-order chi connectivity index (χ1) is 7.09. The smallest absolute Gasteiger partial charge is 0.187 e. The highest BCUT2D eigenvalue weighted by Crippen LogP contribution is 2.37. The van der Waals surface area contributed by atoms with Gasteiger partial charge in [0, 0.05) is 0 Å². The number of nitrogens with two attached hydrogens (primary N) is 2. The van der Waals surface area contributed by atoms with E-state index in [2.05, 4.69) is 0 Å². The summed E-state index contributed by atoms with van der Waals surface area (Å²) in [5.74, 6) is -0.639. The molecule has 15 heavy (non-hydrogen) atoms. The summed E-state index contributed by atoms with van der Waals surface area (Å²) >= 11 is 5.66. The van der Waals surface area contributed by atoms with E-state index in [0.717, 1.165) is 19.3 Å². The van der Waals surface area contributed by atoms with Crippen LogP contribution in [0.2, 0.25) is 5.02 Å². The Morgan fingerprint density at radius 1 is 1.33 bits per heavy atom. The predicted molar refractivity (Wildman–Crippen MR) is 58.5 cm³/mol. The molecule has 1 aromatic rings. The van der Waals surface area contributed by atoms with E-state index in [4.69, 9.17) is 27.8 Å². The first kappa shape index (κ1) is 10.4. The van der Waals surface area contributed by atoms with E-state index in [9.17, 15) is 4.39 Å². The summed E-state index contributed by atoms with van der Waals surface area (Å²) in [7, 11) is 0. The van der Waals surface area contributed by atoms with Crippen molar-refractivity contribution in [1.29, 1.82) is 0 Å². The molecule has 1 aliphatic carbocycles. The summed E-state index contributed by atoms with van der Waals surface area (Å²) in [5, 5.41) is -0.126. The monoisotopic (exact) mass is 230 g/mol. The number of rotatable bonds is 2. The molecule has 1 saturated carbocycles. The molecule has 5 heteroatoms. The fraction of sp³-hybridized carbons (Fsp3) is 0.400. The summed E-state index contributed by atoms with van der Waals surface area (Å²) in [6, 6.07) is 1.42. The zero-order valence-corrected chi connectivity index (χ0v) is 8.85. The second kappa shape index (κ2) is 3.77. The summed E-state index contributed by atoms with van der Waals surface area (Å²) in [6.45, 7) is 0. The van der Waals surface area contributed by atoms with Gasteiger partial charge in [-0.05, 0) is 25.3 Å². The number of benzene rings is 1. The van der Waals surface area contributed by atoms with Gasteiger partial charge >= 0.3 is 0 Å².